The molecule has 0 unspecified atom stereocenters. The van der Waals surface area contributed by atoms with E-state index in [1.54, 1.807) is 13.0 Å². The lowest BCUT2D eigenvalue weighted by Crippen LogP contribution is -2.37. The highest BCUT2D eigenvalue weighted by atomic mass is 35.5. The van der Waals surface area contributed by atoms with E-state index in [9.17, 15) is 9.18 Å². The maximum Gasteiger partial charge on any atom is 0.274 e. The highest BCUT2D eigenvalue weighted by Gasteiger charge is 2.17. The zero-order valence-electron chi connectivity index (χ0n) is 13.1. The summed E-state index contributed by atoms with van der Waals surface area (Å²) in [6.45, 7) is 4.37. The van der Waals surface area contributed by atoms with Crippen molar-refractivity contribution in [1.29, 1.82) is 0 Å². The molecule has 0 saturated carbocycles. The molecule has 0 aliphatic carbocycles. The summed E-state index contributed by atoms with van der Waals surface area (Å²) < 4.78 is 18.5. The number of benzene rings is 1. The third kappa shape index (κ3) is 3.80. The third-order valence-electron chi connectivity index (χ3n) is 3.55. The average molecular weight is 351 g/mol. The van der Waals surface area contributed by atoms with Crippen LogP contribution in [0.3, 0.4) is 0 Å². The van der Waals surface area contributed by atoms with Gasteiger partial charge in [-0.15, -0.1) is 0 Å². The van der Waals surface area contributed by atoms with Crippen LogP contribution in [0, 0.1) is 12.7 Å². The molecule has 2 aromatic rings. The van der Waals surface area contributed by atoms with Crippen molar-refractivity contribution in [1.82, 2.24) is 9.97 Å². The highest BCUT2D eigenvalue weighted by molar-refractivity contribution is 6.31. The summed E-state index contributed by atoms with van der Waals surface area (Å²) in [6, 6.07) is 5.59. The van der Waals surface area contributed by atoms with E-state index in [0.29, 0.717) is 43.6 Å². The fraction of sp³-hybridized carbons (Fsp3) is 0.312. The third-order valence-corrected chi connectivity index (χ3v) is 3.84. The van der Waals surface area contributed by atoms with Crippen molar-refractivity contribution < 1.29 is 13.9 Å². The lowest BCUT2D eigenvalue weighted by Gasteiger charge is -2.27. The topological polar surface area (TPSA) is 67.4 Å². The van der Waals surface area contributed by atoms with E-state index in [1.165, 1.54) is 18.2 Å². The normalized spacial score (nSPS) is 14.5. The molecule has 1 saturated heterocycles. The Labute approximate surface area is 143 Å². The molecule has 1 N–H and O–H groups in total. The number of hydrogen-bond acceptors (Lipinski definition) is 5. The lowest BCUT2D eigenvalue weighted by molar-refractivity contribution is 0.102. The number of morpholine rings is 1. The van der Waals surface area contributed by atoms with Gasteiger partial charge in [-0.3, -0.25) is 4.79 Å². The van der Waals surface area contributed by atoms with E-state index >= 15 is 0 Å². The number of aryl methyl sites for hydroxylation is 1. The predicted octanol–water partition coefficient (Wildman–Crippen LogP) is 2.67. The Balaban J connectivity index is 1.81. The van der Waals surface area contributed by atoms with Crippen LogP contribution < -0.4 is 10.2 Å². The van der Waals surface area contributed by atoms with Crippen molar-refractivity contribution in [2.24, 2.45) is 0 Å². The number of aromatic nitrogens is 2. The molecular formula is C16H16ClFN4O2. The maximum absolute atomic E-state index is 13.2. The Bertz CT molecular complexity index is 766. The molecule has 0 spiro atoms. The van der Waals surface area contributed by atoms with Gasteiger partial charge in [-0.25, -0.2) is 14.4 Å². The molecule has 1 aromatic carbocycles. The maximum atomic E-state index is 13.2. The van der Waals surface area contributed by atoms with Gasteiger partial charge in [-0.05, 0) is 31.2 Å². The van der Waals surface area contributed by atoms with Gasteiger partial charge in [0.05, 0.1) is 18.2 Å². The predicted molar refractivity (Wildman–Crippen MR) is 89.2 cm³/mol. The van der Waals surface area contributed by atoms with Gasteiger partial charge < -0.3 is 15.0 Å². The summed E-state index contributed by atoms with van der Waals surface area (Å²) in [6.07, 6.45) is 0. The number of nitrogens with one attached hydrogen (secondary N) is 1. The summed E-state index contributed by atoms with van der Waals surface area (Å²) in [7, 11) is 0. The van der Waals surface area contributed by atoms with Crippen LogP contribution in [0.4, 0.5) is 16.0 Å². The number of ether oxygens (including phenoxy) is 1. The molecule has 1 aromatic heterocycles. The average Bonchev–Trinajstić information content (AvgIpc) is 2.58. The van der Waals surface area contributed by atoms with Crippen molar-refractivity contribution in [2.45, 2.75) is 6.92 Å². The second kappa shape index (κ2) is 7.11. The first kappa shape index (κ1) is 16.6. The second-order valence-electron chi connectivity index (χ2n) is 5.38. The van der Waals surface area contributed by atoms with Gasteiger partial charge in [0.1, 0.15) is 11.5 Å². The summed E-state index contributed by atoms with van der Waals surface area (Å²) in [5.41, 5.74) is 1.33. The summed E-state index contributed by atoms with van der Waals surface area (Å²) in [4.78, 5) is 23.1. The molecule has 1 amide bonds. The zero-order chi connectivity index (χ0) is 17.1. The Hall–Kier alpha value is -2.25. The molecule has 0 bridgehead atoms. The molecular weight excluding hydrogens is 335 g/mol. The second-order valence-corrected chi connectivity index (χ2v) is 5.78. The van der Waals surface area contributed by atoms with E-state index in [0.717, 1.165) is 0 Å². The van der Waals surface area contributed by atoms with Crippen LogP contribution >= 0.6 is 11.6 Å². The molecule has 1 aliphatic rings. The number of carbonyl (C=O) groups excluding carboxylic acids is 1. The van der Waals surface area contributed by atoms with Crippen LogP contribution in [0.5, 0.6) is 0 Å². The molecule has 6 nitrogen and oxygen atoms in total. The SMILES string of the molecule is Cc1cc(C(=O)Nc2ccc(F)c(Cl)c2)nc(N2CCOCC2)n1. The number of carbonyl (C=O) groups is 1. The Morgan fingerprint density at radius 3 is 2.75 bits per heavy atom. The fourth-order valence-electron chi connectivity index (χ4n) is 2.34. The minimum atomic E-state index is -0.540. The quantitative estimate of drug-likeness (QED) is 0.921. The van der Waals surface area contributed by atoms with E-state index < -0.39 is 11.7 Å². The van der Waals surface area contributed by atoms with E-state index in [-0.39, 0.29) is 10.7 Å². The van der Waals surface area contributed by atoms with E-state index in [4.69, 9.17) is 16.3 Å². The Morgan fingerprint density at radius 1 is 1.29 bits per heavy atom. The molecule has 1 aliphatic heterocycles. The van der Waals surface area contributed by atoms with Crippen LogP contribution in [-0.2, 0) is 4.74 Å². The van der Waals surface area contributed by atoms with Gasteiger partial charge >= 0.3 is 0 Å². The number of rotatable bonds is 3. The highest BCUT2D eigenvalue weighted by Crippen LogP contribution is 2.20. The first-order valence-electron chi connectivity index (χ1n) is 7.48. The van der Waals surface area contributed by atoms with Gasteiger partial charge in [0.2, 0.25) is 5.95 Å². The molecule has 0 radical (unpaired) electrons. The molecule has 24 heavy (non-hydrogen) atoms. The zero-order valence-corrected chi connectivity index (χ0v) is 13.8. The van der Waals surface area contributed by atoms with Crippen molar-refractivity contribution in [3.05, 3.63) is 46.5 Å². The molecule has 126 valence electrons. The number of amides is 1. The van der Waals surface area contributed by atoms with Gasteiger partial charge in [0.15, 0.2) is 0 Å². The standard InChI is InChI=1S/C16H16ClFN4O2/c1-10-8-14(21-16(19-10)22-4-6-24-7-5-22)15(23)20-11-2-3-13(18)12(17)9-11/h2-3,8-9H,4-7H2,1H3,(H,20,23). The first-order chi connectivity index (χ1) is 11.5. The smallest absolute Gasteiger partial charge is 0.274 e. The van der Waals surface area contributed by atoms with E-state index in [2.05, 4.69) is 15.3 Å². The minimum absolute atomic E-state index is 0.0549. The fourth-order valence-corrected chi connectivity index (χ4v) is 2.52. The van der Waals surface area contributed by atoms with Crippen LogP contribution in [0.15, 0.2) is 24.3 Å². The van der Waals surface area contributed by atoms with Gasteiger partial charge in [-0.2, -0.15) is 0 Å². The van der Waals surface area contributed by atoms with Crippen LogP contribution in [0.1, 0.15) is 16.2 Å². The number of anilines is 2. The van der Waals surface area contributed by atoms with Gasteiger partial charge in [0, 0.05) is 24.5 Å². The van der Waals surface area contributed by atoms with Crippen LogP contribution in [0.25, 0.3) is 0 Å². The van der Waals surface area contributed by atoms with Crippen molar-refractivity contribution in [2.75, 3.05) is 36.5 Å². The largest absolute Gasteiger partial charge is 0.378 e. The van der Waals surface area contributed by atoms with Crippen LogP contribution in [0.2, 0.25) is 5.02 Å². The van der Waals surface area contributed by atoms with Crippen LogP contribution in [-0.4, -0.2) is 42.2 Å². The number of nitrogens with zero attached hydrogens (tertiary/aromatic N) is 3. The number of hydrogen-bond donors (Lipinski definition) is 1. The molecule has 3 rings (SSSR count). The van der Waals surface area contributed by atoms with Crippen molar-refractivity contribution >= 4 is 29.1 Å². The Kier molecular flexibility index (Phi) is 4.92. The molecule has 0 atom stereocenters. The van der Waals surface area contributed by atoms with Gasteiger partial charge in [0.25, 0.3) is 5.91 Å². The summed E-state index contributed by atoms with van der Waals surface area (Å²) in [5.74, 6) is -0.444. The molecule has 8 heteroatoms. The van der Waals surface area contributed by atoms with Gasteiger partial charge in [-0.1, -0.05) is 11.6 Å². The van der Waals surface area contributed by atoms with Crippen molar-refractivity contribution in [3.8, 4) is 0 Å². The summed E-state index contributed by atoms with van der Waals surface area (Å²) in [5, 5.41) is 2.61. The molecule has 1 fully saturated rings. The van der Waals surface area contributed by atoms with Crippen molar-refractivity contribution in [3.63, 3.8) is 0 Å². The lowest BCUT2D eigenvalue weighted by atomic mass is 10.2. The Morgan fingerprint density at radius 2 is 2.04 bits per heavy atom. The molecule has 2 heterocycles. The minimum Gasteiger partial charge on any atom is -0.378 e. The summed E-state index contributed by atoms with van der Waals surface area (Å²) >= 11 is 5.72. The van der Waals surface area contributed by atoms with E-state index in [1.807, 2.05) is 4.90 Å². The number of halogens is 2. The monoisotopic (exact) mass is 350 g/mol. The first-order valence-corrected chi connectivity index (χ1v) is 7.85.